The van der Waals surface area contributed by atoms with Gasteiger partial charge in [-0.25, -0.2) is 0 Å². The van der Waals surface area contributed by atoms with Crippen LogP contribution in [0, 0.1) is 5.92 Å². The molecular weight excluding hydrogens is 326 g/mol. The second-order valence-electron chi connectivity index (χ2n) is 7.36. The summed E-state index contributed by atoms with van der Waals surface area (Å²) in [7, 11) is 1.65. The van der Waals surface area contributed by atoms with Gasteiger partial charge < -0.3 is 14.8 Å². The first-order chi connectivity index (χ1) is 12.6. The summed E-state index contributed by atoms with van der Waals surface area (Å²) >= 11 is 0. The number of benzene rings is 2. The van der Waals surface area contributed by atoms with Crippen LogP contribution >= 0.6 is 0 Å². The zero-order chi connectivity index (χ0) is 18.6. The van der Waals surface area contributed by atoms with E-state index in [0.29, 0.717) is 12.5 Å². The Morgan fingerprint density at radius 2 is 2.00 bits per heavy atom. The molecule has 1 aliphatic rings. The number of ether oxygens (including phenoxy) is 2. The third kappa shape index (κ3) is 3.70. The highest BCUT2D eigenvalue weighted by Crippen LogP contribution is 2.37. The van der Waals surface area contributed by atoms with Crippen molar-refractivity contribution in [2.24, 2.45) is 5.92 Å². The highest BCUT2D eigenvalue weighted by molar-refractivity contribution is 6.06. The van der Waals surface area contributed by atoms with Crippen LogP contribution in [-0.2, 0) is 9.53 Å². The molecular formula is C22H29NO3. The quantitative estimate of drug-likeness (QED) is 0.778. The van der Waals surface area contributed by atoms with E-state index < -0.39 is 5.60 Å². The van der Waals surface area contributed by atoms with Gasteiger partial charge in [-0.2, -0.15) is 0 Å². The minimum atomic E-state index is -0.726. The van der Waals surface area contributed by atoms with Gasteiger partial charge in [-0.05, 0) is 43.7 Å². The van der Waals surface area contributed by atoms with Crippen LogP contribution in [0.5, 0.6) is 5.75 Å². The molecule has 1 amide bonds. The van der Waals surface area contributed by atoms with Crippen LogP contribution in [0.1, 0.15) is 46.0 Å². The van der Waals surface area contributed by atoms with Crippen molar-refractivity contribution < 1.29 is 14.3 Å². The van der Waals surface area contributed by atoms with Gasteiger partial charge in [0.05, 0.1) is 6.61 Å². The molecule has 1 aliphatic carbocycles. The predicted molar refractivity (Wildman–Crippen MR) is 106 cm³/mol. The molecule has 0 heterocycles. The monoisotopic (exact) mass is 355 g/mol. The first kappa shape index (κ1) is 18.7. The number of fused-ring (bicyclic) bond motifs is 1. The number of nitrogens with one attached hydrogen (secondary N) is 1. The van der Waals surface area contributed by atoms with Gasteiger partial charge >= 0.3 is 0 Å². The lowest BCUT2D eigenvalue weighted by Crippen LogP contribution is -2.47. The Balaban J connectivity index is 1.90. The molecule has 4 heteroatoms. The average molecular weight is 355 g/mol. The second kappa shape index (κ2) is 8.09. The number of anilines is 1. The lowest BCUT2D eigenvalue weighted by molar-refractivity contribution is -0.143. The van der Waals surface area contributed by atoms with Gasteiger partial charge in [-0.15, -0.1) is 0 Å². The van der Waals surface area contributed by atoms with E-state index in [9.17, 15) is 4.79 Å². The van der Waals surface area contributed by atoms with Crippen molar-refractivity contribution in [3.8, 4) is 5.75 Å². The Morgan fingerprint density at radius 3 is 2.69 bits per heavy atom. The van der Waals surface area contributed by atoms with E-state index in [1.807, 2.05) is 36.4 Å². The molecule has 0 aromatic heterocycles. The van der Waals surface area contributed by atoms with Gasteiger partial charge in [0.25, 0.3) is 5.91 Å². The van der Waals surface area contributed by atoms with Crippen LogP contribution in [0.4, 0.5) is 5.69 Å². The summed E-state index contributed by atoms with van der Waals surface area (Å²) in [6.07, 6.45) is 4.68. The molecule has 2 aromatic rings. The van der Waals surface area contributed by atoms with E-state index in [-0.39, 0.29) is 5.91 Å². The van der Waals surface area contributed by atoms with E-state index in [2.05, 4.69) is 19.2 Å². The molecule has 0 aliphatic heterocycles. The normalized spacial score (nSPS) is 23.0. The third-order valence-electron chi connectivity index (χ3n) is 5.35. The maximum absolute atomic E-state index is 13.1. The summed E-state index contributed by atoms with van der Waals surface area (Å²) in [6.45, 7) is 4.96. The van der Waals surface area contributed by atoms with Crippen molar-refractivity contribution in [3.63, 3.8) is 0 Å². The summed E-state index contributed by atoms with van der Waals surface area (Å²) < 4.78 is 11.6. The smallest absolute Gasteiger partial charge is 0.256 e. The second-order valence-corrected chi connectivity index (χ2v) is 7.36. The zero-order valence-electron chi connectivity index (χ0n) is 16.0. The van der Waals surface area contributed by atoms with Crippen molar-refractivity contribution >= 4 is 22.4 Å². The molecule has 1 saturated carbocycles. The lowest BCUT2D eigenvalue weighted by Gasteiger charge is -2.37. The Labute approximate surface area is 155 Å². The SMILES string of the molecule is CCCOc1ccc(NC(=O)[C@]2(OC)CCC[C@@H](C)C2)c2ccccc12. The Hall–Kier alpha value is -2.07. The summed E-state index contributed by atoms with van der Waals surface area (Å²) in [5, 5.41) is 5.14. The third-order valence-corrected chi connectivity index (χ3v) is 5.35. The molecule has 2 atom stereocenters. The van der Waals surface area contributed by atoms with Gasteiger partial charge in [0.1, 0.15) is 11.4 Å². The fraction of sp³-hybridized carbons (Fsp3) is 0.500. The Kier molecular flexibility index (Phi) is 5.82. The van der Waals surface area contributed by atoms with Crippen molar-refractivity contribution in [2.45, 2.75) is 51.6 Å². The van der Waals surface area contributed by atoms with Crippen LogP contribution < -0.4 is 10.1 Å². The zero-order valence-corrected chi connectivity index (χ0v) is 16.0. The molecule has 0 bridgehead atoms. The number of rotatable bonds is 6. The van der Waals surface area contributed by atoms with E-state index >= 15 is 0 Å². The number of amides is 1. The van der Waals surface area contributed by atoms with Crippen LogP contribution in [0.3, 0.4) is 0 Å². The molecule has 140 valence electrons. The topological polar surface area (TPSA) is 47.6 Å². The first-order valence-corrected chi connectivity index (χ1v) is 9.61. The molecule has 1 N–H and O–H groups in total. The maximum atomic E-state index is 13.1. The fourth-order valence-corrected chi connectivity index (χ4v) is 3.94. The maximum Gasteiger partial charge on any atom is 0.256 e. The molecule has 26 heavy (non-hydrogen) atoms. The highest BCUT2D eigenvalue weighted by atomic mass is 16.5. The summed E-state index contributed by atoms with van der Waals surface area (Å²) in [4.78, 5) is 13.1. The molecule has 0 spiro atoms. The van der Waals surface area contributed by atoms with Crippen molar-refractivity contribution in [3.05, 3.63) is 36.4 Å². The number of methoxy groups -OCH3 is 1. The summed E-state index contributed by atoms with van der Waals surface area (Å²) in [5.41, 5.74) is 0.0833. The van der Waals surface area contributed by atoms with Gasteiger partial charge in [-0.3, -0.25) is 4.79 Å². The van der Waals surface area contributed by atoms with Crippen LogP contribution in [0.2, 0.25) is 0 Å². The molecule has 3 rings (SSSR count). The van der Waals surface area contributed by atoms with Gasteiger partial charge in [0.2, 0.25) is 0 Å². The van der Waals surface area contributed by atoms with Crippen molar-refractivity contribution in [1.29, 1.82) is 0 Å². The minimum Gasteiger partial charge on any atom is -0.493 e. The summed E-state index contributed by atoms with van der Waals surface area (Å²) in [5.74, 6) is 1.31. The van der Waals surface area contributed by atoms with Crippen molar-refractivity contribution in [2.75, 3.05) is 19.0 Å². The molecule has 1 fully saturated rings. The van der Waals surface area contributed by atoms with E-state index in [1.54, 1.807) is 7.11 Å². The lowest BCUT2D eigenvalue weighted by atomic mass is 9.78. The van der Waals surface area contributed by atoms with Crippen LogP contribution in [0.25, 0.3) is 10.8 Å². The van der Waals surface area contributed by atoms with Gasteiger partial charge in [0, 0.05) is 23.6 Å². The van der Waals surface area contributed by atoms with E-state index in [1.165, 1.54) is 0 Å². The average Bonchev–Trinajstić information content (AvgIpc) is 2.67. The highest BCUT2D eigenvalue weighted by Gasteiger charge is 2.42. The van der Waals surface area contributed by atoms with Gasteiger partial charge in [0.15, 0.2) is 0 Å². The minimum absolute atomic E-state index is 0.0427. The standard InChI is InChI=1S/C22H29NO3/c1-4-14-26-20-12-11-19(17-9-5-6-10-18(17)20)23-21(24)22(25-3)13-7-8-16(2)15-22/h5-6,9-12,16H,4,7-8,13-15H2,1-3H3,(H,23,24)/t16-,22+/m1/s1. The van der Waals surface area contributed by atoms with Crippen LogP contribution in [0.15, 0.2) is 36.4 Å². The molecule has 0 saturated heterocycles. The number of hydrogen-bond acceptors (Lipinski definition) is 3. The van der Waals surface area contributed by atoms with E-state index in [0.717, 1.165) is 54.3 Å². The Bertz CT molecular complexity index is 773. The number of hydrogen-bond donors (Lipinski definition) is 1. The number of carbonyl (C=O) groups is 1. The first-order valence-electron chi connectivity index (χ1n) is 9.61. The van der Waals surface area contributed by atoms with E-state index in [4.69, 9.17) is 9.47 Å². The fourth-order valence-electron chi connectivity index (χ4n) is 3.94. The van der Waals surface area contributed by atoms with Gasteiger partial charge in [-0.1, -0.05) is 44.5 Å². The predicted octanol–water partition coefficient (Wildman–Crippen LogP) is 5.16. The van der Waals surface area contributed by atoms with Crippen LogP contribution in [-0.4, -0.2) is 25.2 Å². The van der Waals surface area contributed by atoms with Crippen molar-refractivity contribution in [1.82, 2.24) is 0 Å². The summed E-state index contributed by atoms with van der Waals surface area (Å²) in [6, 6.07) is 11.9. The molecule has 2 aromatic carbocycles. The molecule has 0 radical (unpaired) electrons. The number of carbonyl (C=O) groups excluding carboxylic acids is 1. The largest absolute Gasteiger partial charge is 0.493 e. The Morgan fingerprint density at radius 1 is 1.23 bits per heavy atom. The molecule has 4 nitrogen and oxygen atoms in total. The molecule has 0 unspecified atom stereocenters.